The summed E-state index contributed by atoms with van der Waals surface area (Å²) in [6.07, 6.45) is -3.55. The lowest BCUT2D eigenvalue weighted by Gasteiger charge is -2.09. The summed E-state index contributed by atoms with van der Waals surface area (Å²) in [6.45, 7) is 0. The Hall–Kier alpha value is -2.88. The van der Waals surface area contributed by atoms with E-state index in [-0.39, 0.29) is 21.1 Å². The quantitative estimate of drug-likeness (QED) is 0.633. The predicted octanol–water partition coefficient (Wildman–Crippen LogP) is 4.19. The van der Waals surface area contributed by atoms with Crippen LogP contribution in [-0.4, -0.2) is 9.78 Å². The first-order valence-corrected chi connectivity index (χ1v) is 6.16. The fourth-order valence-corrected chi connectivity index (χ4v) is 2.33. The molecule has 7 heteroatoms. The van der Waals surface area contributed by atoms with Crippen molar-refractivity contribution in [2.45, 2.75) is 6.30 Å². The minimum absolute atomic E-state index is 0.0403. The molecule has 0 spiro atoms. The number of nitriles is 1. The Labute approximate surface area is 122 Å². The normalized spacial score (nSPS) is 11.6. The number of fused-ring (bicyclic) bond motifs is 1. The Morgan fingerprint density at radius 1 is 1.09 bits per heavy atom. The zero-order chi connectivity index (χ0) is 15.9. The SMILES string of the molecule is N#Cc1cc(F)ccc1-c1cccc2c1cnn2C(F)(F)F. The lowest BCUT2D eigenvalue weighted by molar-refractivity contribution is -0.209. The van der Waals surface area contributed by atoms with Gasteiger partial charge in [-0.1, -0.05) is 18.2 Å². The molecule has 3 nitrogen and oxygen atoms in total. The van der Waals surface area contributed by atoms with Crippen LogP contribution in [0.15, 0.2) is 42.6 Å². The van der Waals surface area contributed by atoms with Crippen LogP contribution in [0.25, 0.3) is 22.0 Å². The molecule has 0 amide bonds. The fraction of sp³-hybridized carbons (Fsp3) is 0.0667. The van der Waals surface area contributed by atoms with Gasteiger partial charge in [0.25, 0.3) is 0 Å². The van der Waals surface area contributed by atoms with Crippen molar-refractivity contribution in [3.05, 3.63) is 54.0 Å². The molecule has 0 saturated heterocycles. The Morgan fingerprint density at radius 3 is 2.55 bits per heavy atom. The van der Waals surface area contributed by atoms with E-state index in [1.807, 2.05) is 6.07 Å². The Kier molecular flexibility index (Phi) is 3.10. The topological polar surface area (TPSA) is 41.6 Å². The first-order chi connectivity index (χ1) is 10.4. The molecule has 0 unspecified atom stereocenters. The first-order valence-electron chi connectivity index (χ1n) is 6.16. The molecule has 0 aliphatic rings. The second-order valence-electron chi connectivity index (χ2n) is 4.56. The van der Waals surface area contributed by atoms with Gasteiger partial charge in [0.1, 0.15) is 5.82 Å². The van der Waals surface area contributed by atoms with Gasteiger partial charge in [-0.15, -0.1) is 13.2 Å². The van der Waals surface area contributed by atoms with Gasteiger partial charge in [0.05, 0.1) is 23.3 Å². The van der Waals surface area contributed by atoms with Crippen LogP contribution in [0.5, 0.6) is 0 Å². The largest absolute Gasteiger partial charge is 0.505 e. The minimum atomic E-state index is -4.64. The molecule has 0 bridgehead atoms. The van der Waals surface area contributed by atoms with Crippen molar-refractivity contribution in [1.29, 1.82) is 5.26 Å². The molecule has 3 aromatic rings. The maximum absolute atomic E-state index is 13.2. The fourth-order valence-electron chi connectivity index (χ4n) is 2.33. The van der Waals surface area contributed by atoms with Crippen molar-refractivity contribution in [1.82, 2.24) is 9.78 Å². The first kappa shape index (κ1) is 14.1. The second kappa shape index (κ2) is 4.84. The van der Waals surface area contributed by atoms with Crippen molar-refractivity contribution in [3.63, 3.8) is 0 Å². The van der Waals surface area contributed by atoms with Crippen LogP contribution in [-0.2, 0) is 6.30 Å². The van der Waals surface area contributed by atoms with Crippen molar-refractivity contribution >= 4 is 10.9 Å². The smallest absolute Gasteiger partial charge is 0.207 e. The molecular weight excluding hydrogens is 298 g/mol. The van der Waals surface area contributed by atoms with E-state index >= 15 is 0 Å². The summed E-state index contributed by atoms with van der Waals surface area (Å²) in [5, 5.41) is 12.7. The van der Waals surface area contributed by atoms with E-state index < -0.39 is 12.1 Å². The van der Waals surface area contributed by atoms with E-state index in [1.54, 1.807) is 6.07 Å². The van der Waals surface area contributed by atoms with Crippen LogP contribution in [0.3, 0.4) is 0 Å². The van der Waals surface area contributed by atoms with Crippen molar-refractivity contribution in [2.24, 2.45) is 0 Å². The third-order valence-corrected chi connectivity index (χ3v) is 3.25. The van der Waals surface area contributed by atoms with E-state index in [2.05, 4.69) is 5.10 Å². The van der Waals surface area contributed by atoms with Crippen LogP contribution < -0.4 is 0 Å². The summed E-state index contributed by atoms with van der Waals surface area (Å²) in [4.78, 5) is 0. The molecule has 2 aromatic carbocycles. The Bertz CT molecular complexity index is 903. The lowest BCUT2D eigenvalue weighted by atomic mass is 9.97. The average molecular weight is 305 g/mol. The molecule has 0 N–H and O–H groups in total. The Balaban J connectivity index is 2.30. The van der Waals surface area contributed by atoms with Crippen LogP contribution >= 0.6 is 0 Å². The van der Waals surface area contributed by atoms with Gasteiger partial charge < -0.3 is 0 Å². The van der Waals surface area contributed by atoms with Gasteiger partial charge >= 0.3 is 6.30 Å². The van der Waals surface area contributed by atoms with Crippen LogP contribution in [0.2, 0.25) is 0 Å². The molecule has 0 atom stereocenters. The zero-order valence-electron chi connectivity index (χ0n) is 10.9. The molecule has 0 radical (unpaired) electrons. The summed E-state index contributed by atoms with van der Waals surface area (Å²) in [7, 11) is 0. The maximum Gasteiger partial charge on any atom is 0.505 e. The number of halogens is 4. The summed E-state index contributed by atoms with van der Waals surface area (Å²) in [6, 6.07) is 9.71. The third-order valence-electron chi connectivity index (χ3n) is 3.25. The van der Waals surface area contributed by atoms with Crippen molar-refractivity contribution in [2.75, 3.05) is 0 Å². The number of hydrogen-bond donors (Lipinski definition) is 0. The zero-order valence-corrected chi connectivity index (χ0v) is 10.9. The molecule has 0 saturated carbocycles. The monoisotopic (exact) mass is 305 g/mol. The second-order valence-corrected chi connectivity index (χ2v) is 4.56. The van der Waals surface area contributed by atoms with Crippen molar-refractivity contribution < 1.29 is 17.6 Å². The summed E-state index contributed by atoms with van der Waals surface area (Å²) in [5.41, 5.74) is 0.672. The summed E-state index contributed by atoms with van der Waals surface area (Å²) in [5.74, 6) is -0.585. The average Bonchev–Trinajstić information content (AvgIpc) is 2.91. The summed E-state index contributed by atoms with van der Waals surface area (Å²) < 4.78 is 51.8. The highest BCUT2D eigenvalue weighted by atomic mass is 19.4. The Morgan fingerprint density at radius 2 is 1.86 bits per heavy atom. The number of rotatable bonds is 1. The van der Waals surface area contributed by atoms with Crippen LogP contribution in [0.4, 0.5) is 17.6 Å². The van der Waals surface area contributed by atoms with Gasteiger partial charge in [0.2, 0.25) is 0 Å². The number of nitrogens with zero attached hydrogens (tertiary/aromatic N) is 3. The van der Waals surface area contributed by atoms with Gasteiger partial charge in [-0.2, -0.15) is 15.0 Å². The highest BCUT2D eigenvalue weighted by Crippen LogP contribution is 2.34. The maximum atomic E-state index is 13.2. The van der Waals surface area contributed by atoms with Crippen molar-refractivity contribution in [3.8, 4) is 17.2 Å². The molecule has 0 aliphatic heterocycles. The van der Waals surface area contributed by atoms with E-state index in [4.69, 9.17) is 5.26 Å². The minimum Gasteiger partial charge on any atom is -0.207 e. The highest BCUT2D eigenvalue weighted by Gasteiger charge is 2.33. The molecule has 0 aliphatic carbocycles. The standard InChI is InChI=1S/C15H7F4N3/c16-10-4-5-11(9(6-10)7-20)12-2-1-3-14-13(12)8-21-22(14)15(17,18)19/h1-6,8H. The molecule has 22 heavy (non-hydrogen) atoms. The molecule has 3 rings (SSSR count). The van der Waals surface area contributed by atoms with Gasteiger partial charge in [-0.3, -0.25) is 0 Å². The lowest BCUT2D eigenvalue weighted by Crippen LogP contribution is -2.17. The van der Waals surface area contributed by atoms with Gasteiger partial charge in [0, 0.05) is 10.9 Å². The van der Waals surface area contributed by atoms with Crippen LogP contribution in [0, 0.1) is 17.1 Å². The molecule has 110 valence electrons. The predicted molar refractivity (Wildman–Crippen MR) is 71.1 cm³/mol. The number of benzene rings is 2. The molecule has 1 aromatic heterocycles. The van der Waals surface area contributed by atoms with Gasteiger partial charge in [-0.05, 0) is 23.8 Å². The third kappa shape index (κ3) is 2.19. The van der Waals surface area contributed by atoms with E-state index in [0.29, 0.717) is 11.1 Å². The molecule has 0 fully saturated rings. The highest BCUT2D eigenvalue weighted by molar-refractivity contribution is 5.96. The number of aromatic nitrogens is 2. The number of hydrogen-bond acceptors (Lipinski definition) is 2. The summed E-state index contributed by atoms with van der Waals surface area (Å²) >= 11 is 0. The number of alkyl halides is 3. The van der Waals surface area contributed by atoms with Crippen LogP contribution in [0.1, 0.15) is 5.56 Å². The molecular formula is C15H7F4N3. The van der Waals surface area contributed by atoms with Gasteiger partial charge in [0.15, 0.2) is 0 Å². The molecule has 1 heterocycles. The van der Waals surface area contributed by atoms with E-state index in [0.717, 1.165) is 18.3 Å². The van der Waals surface area contributed by atoms with E-state index in [1.165, 1.54) is 18.2 Å². The van der Waals surface area contributed by atoms with E-state index in [9.17, 15) is 17.6 Å². The van der Waals surface area contributed by atoms with Gasteiger partial charge in [-0.25, -0.2) is 4.39 Å².